The summed E-state index contributed by atoms with van der Waals surface area (Å²) < 4.78 is 11.5. The van der Waals surface area contributed by atoms with Gasteiger partial charge in [0.05, 0.1) is 19.3 Å². The van der Waals surface area contributed by atoms with Crippen LogP contribution in [0.2, 0.25) is 0 Å². The third-order valence-electron chi connectivity index (χ3n) is 4.47. The van der Waals surface area contributed by atoms with Crippen LogP contribution in [0.4, 0.5) is 5.69 Å². The van der Waals surface area contributed by atoms with Crippen molar-refractivity contribution in [2.75, 3.05) is 18.6 Å². The normalized spacial score (nSPS) is 14.1. The van der Waals surface area contributed by atoms with E-state index in [-0.39, 0.29) is 0 Å². The second-order valence-electron chi connectivity index (χ2n) is 6.34. The molecule has 2 aromatic heterocycles. The molecule has 0 bridgehead atoms. The minimum atomic E-state index is 0.606. The van der Waals surface area contributed by atoms with Gasteiger partial charge in [0.2, 0.25) is 5.89 Å². The van der Waals surface area contributed by atoms with Crippen LogP contribution in [0.15, 0.2) is 47.0 Å². The summed E-state index contributed by atoms with van der Waals surface area (Å²) in [5.74, 6) is 2.42. The summed E-state index contributed by atoms with van der Waals surface area (Å²) >= 11 is 0. The van der Waals surface area contributed by atoms with Gasteiger partial charge in [0.15, 0.2) is 0 Å². The zero-order chi connectivity index (χ0) is 17.2. The third kappa shape index (κ3) is 3.22. The second-order valence-corrected chi connectivity index (χ2v) is 6.34. The van der Waals surface area contributed by atoms with Crippen LogP contribution in [0, 0.1) is 6.92 Å². The number of pyridine rings is 1. The predicted molar refractivity (Wildman–Crippen MR) is 96.8 cm³/mol. The van der Waals surface area contributed by atoms with Gasteiger partial charge in [0.1, 0.15) is 17.2 Å². The van der Waals surface area contributed by atoms with Crippen molar-refractivity contribution in [3.63, 3.8) is 0 Å². The number of aryl methyl sites for hydroxylation is 2. The zero-order valence-electron chi connectivity index (χ0n) is 14.5. The van der Waals surface area contributed by atoms with E-state index in [1.54, 1.807) is 13.3 Å². The molecule has 4 rings (SSSR count). The number of fused-ring (bicyclic) bond motifs is 1. The first kappa shape index (κ1) is 15.7. The monoisotopic (exact) mass is 335 g/mol. The fourth-order valence-electron chi connectivity index (χ4n) is 3.24. The second kappa shape index (κ2) is 6.59. The Morgan fingerprint density at radius 3 is 2.92 bits per heavy atom. The molecule has 0 atom stereocenters. The van der Waals surface area contributed by atoms with Gasteiger partial charge in [-0.15, -0.1) is 0 Å². The van der Waals surface area contributed by atoms with Crippen LogP contribution in [0.25, 0.3) is 11.6 Å². The Kier molecular flexibility index (Phi) is 4.14. The van der Waals surface area contributed by atoms with Gasteiger partial charge in [0, 0.05) is 24.5 Å². The summed E-state index contributed by atoms with van der Waals surface area (Å²) in [5, 5.41) is 0. The smallest absolute Gasteiger partial charge is 0.245 e. The van der Waals surface area contributed by atoms with Gasteiger partial charge in [-0.05, 0) is 49.6 Å². The molecule has 0 aliphatic carbocycles. The molecule has 0 fully saturated rings. The number of anilines is 1. The number of nitrogens with zero attached hydrogens (tertiary/aromatic N) is 3. The molecule has 0 saturated carbocycles. The highest BCUT2D eigenvalue weighted by Crippen LogP contribution is 2.30. The zero-order valence-corrected chi connectivity index (χ0v) is 14.5. The van der Waals surface area contributed by atoms with Gasteiger partial charge >= 0.3 is 0 Å². The molecule has 0 amide bonds. The molecule has 0 unspecified atom stereocenters. The summed E-state index contributed by atoms with van der Waals surface area (Å²) in [5.41, 5.74) is 4.16. The first-order chi connectivity index (χ1) is 12.2. The number of ether oxygens (including phenoxy) is 1. The van der Waals surface area contributed by atoms with E-state index in [1.165, 1.54) is 5.56 Å². The van der Waals surface area contributed by atoms with Crippen LogP contribution in [0.5, 0.6) is 5.75 Å². The van der Waals surface area contributed by atoms with E-state index < -0.39 is 0 Å². The first-order valence-electron chi connectivity index (χ1n) is 8.53. The summed E-state index contributed by atoms with van der Waals surface area (Å²) in [6.45, 7) is 3.77. The lowest BCUT2D eigenvalue weighted by molar-refractivity contribution is 0.414. The number of hydrogen-bond donors (Lipinski definition) is 0. The largest absolute Gasteiger partial charge is 0.497 e. The molecule has 1 aliphatic rings. The van der Waals surface area contributed by atoms with Gasteiger partial charge in [-0.1, -0.05) is 6.07 Å². The van der Waals surface area contributed by atoms with Crippen LogP contribution in [0.3, 0.4) is 0 Å². The van der Waals surface area contributed by atoms with Crippen molar-refractivity contribution < 1.29 is 9.15 Å². The molecule has 0 N–H and O–H groups in total. The number of aromatic nitrogens is 2. The molecule has 0 spiro atoms. The highest BCUT2D eigenvalue weighted by atomic mass is 16.5. The Bertz CT molecular complexity index is 874. The molecule has 3 aromatic rings. The lowest BCUT2D eigenvalue weighted by Gasteiger charge is -2.23. The molecule has 1 aromatic carbocycles. The van der Waals surface area contributed by atoms with Crippen LogP contribution in [-0.2, 0) is 13.0 Å². The van der Waals surface area contributed by atoms with E-state index in [4.69, 9.17) is 9.15 Å². The molecular formula is C20H21N3O2. The van der Waals surface area contributed by atoms with Gasteiger partial charge in [-0.25, -0.2) is 4.98 Å². The molecule has 3 heterocycles. The Balaban J connectivity index is 1.65. The average molecular weight is 335 g/mol. The van der Waals surface area contributed by atoms with Gasteiger partial charge in [-0.3, -0.25) is 4.98 Å². The fourth-order valence-corrected chi connectivity index (χ4v) is 3.24. The van der Waals surface area contributed by atoms with Crippen molar-refractivity contribution >= 4 is 5.69 Å². The average Bonchev–Trinajstić information content (AvgIpc) is 2.93. The minimum Gasteiger partial charge on any atom is -0.497 e. The molecule has 128 valence electrons. The van der Waals surface area contributed by atoms with E-state index >= 15 is 0 Å². The summed E-state index contributed by atoms with van der Waals surface area (Å²) in [7, 11) is 1.70. The Hall–Kier alpha value is -2.82. The molecular weight excluding hydrogens is 314 g/mol. The number of benzene rings is 1. The van der Waals surface area contributed by atoms with Crippen molar-refractivity contribution in [3.05, 3.63) is 59.6 Å². The Morgan fingerprint density at radius 2 is 2.12 bits per heavy atom. The van der Waals surface area contributed by atoms with Crippen molar-refractivity contribution in [3.8, 4) is 17.3 Å². The highest BCUT2D eigenvalue weighted by molar-refractivity contribution is 5.54. The number of hydrogen-bond acceptors (Lipinski definition) is 5. The van der Waals surface area contributed by atoms with Gasteiger partial charge < -0.3 is 14.1 Å². The summed E-state index contributed by atoms with van der Waals surface area (Å²) in [4.78, 5) is 11.3. The standard InChI is InChI=1S/C20H21N3O2/c1-14-10-15(12-16(11-14)24-2)23-9-5-7-17-19(13-23)25-20(22-17)18-6-3-4-8-21-18/h3-4,6,8,10-12H,5,7,9,13H2,1-2H3. The maximum atomic E-state index is 6.06. The topological polar surface area (TPSA) is 51.4 Å². The van der Waals surface area contributed by atoms with Crippen molar-refractivity contribution in [1.29, 1.82) is 0 Å². The Labute approximate surface area is 147 Å². The van der Waals surface area contributed by atoms with Crippen LogP contribution >= 0.6 is 0 Å². The highest BCUT2D eigenvalue weighted by Gasteiger charge is 2.22. The van der Waals surface area contributed by atoms with Gasteiger partial charge in [0.25, 0.3) is 0 Å². The Morgan fingerprint density at radius 1 is 1.20 bits per heavy atom. The lowest BCUT2D eigenvalue weighted by atomic mass is 10.2. The van der Waals surface area contributed by atoms with Crippen molar-refractivity contribution in [2.45, 2.75) is 26.3 Å². The number of methoxy groups -OCH3 is 1. The molecule has 0 saturated heterocycles. The first-order valence-corrected chi connectivity index (χ1v) is 8.53. The predicted octanol–water partition coefficient (Wildman–Crippen LogP) is 4.01. The summed E-state index contributed by atoms with van der Waals surface area (Å²) in [6.07, 6.45) is 3.72. The molecule has 1 aliphatic heterocycles. The number of rotatable bonds is 3. The molecule has 5 heteroatoms. The number of oxazole rings is 1. The van der Waals surface area contributed by atoms with Gasteiger partial charge in [-0.2, -0.15) is 0 Å². The lowest BCUT2D eigenvalue weighted by Crippen LogP contribution is -2.22. The van der Waals surface area contributed by atoms with E-state index in [1.807, 2.05) is 24.3 Å². The quantitative estimate of drug-likeness (QED) is 0.724. The molecule has 5 nitrogen and oxygen atoms in total. The fraction of sp³-hybridized carbons (Fsp3) is 0.300. The minimum absolute atomic E-state index is 0.606. The van der Waals surface area contributed by atoms with E-state index in [0.717, 1.165) is 48.0 Å². The van der Waals surface area contributed by atoms with E-state index in [9.17, 15) is 0 Å². The third-order valence-corrected chi connectivity index (χ3v) is 4.47. The SMILES string of the molecule is COc1cc(C)cc(N2CCCc3nc(-c4ccccn4)oc3C2)c1. The van der Waals surface area contributed by atoms with Crippen LogP contribution in [0.1, 0.15) is 23.4 Å². The molecule has 0 radical (unpaired) electrons. The van der Waals surface area contributed by atoms with E-state index in [0.29, 0.717) is 12.4 Å². The van der Waals surface area contributed by atoms with Crippen molar-refractivity contribution in [1.82, 2.24) is 9.97 Å². The van der Waals surface area contributed by atoms with E-state index in [2.05, 4.69) is 33.9 Å². The maximum Gasteiger partial charge on any atom is 0.245 e. The maximum absolute atomic E-state index is 6.06. The van der Waals surface area contributed by atoms with Crippen LogP contribution in [-0.4, -0.2) is 23.6 Å². The summed E-state index contributed by atoms with van der Waals surface area (Å²) in [6, 6.07) is 12.1. The molecule has 25 heavy (non-hydrogen) atoms. The van der Waals surface area contributed by atoms with Crippen molar-refractivity contribution in [2.24, 2.45) is 0 Å². The van der Waals surface area contributed by atoms with Crippen LogP contribution < -0.4 is 9.64 Å².